The molecule has 0 bridgehead atoms. The molecular formula is C21H27N5O5. The molecule has 2 aromatic rings. The zero-order valence-electron chi connectivity index (χ0n) is 17.2. The van der Waals surface area contributed by atoms with Gasteiger partial charge in [-0.3, -0.25) is 4.79 Å². The summed E-state index contributed by atoms with van der Waals surface area (Å²) in [5.41, 5.74) is 4.59. The highest BCUT2D eigenvalue weighted by Crippen LogP contribution is 2.40. The molecule has 2 aromatic heterocycles. The first kappa shape index (κ1) is 21.5. The van der Waals surface area contributed by atoms with E-state index in [9.17, 15) is 20.3 Å². The standard InChI is InChI=1S/C21H27N5O5/c22-11-21(16-8-7-14-20(23)24-12-25-26(14)16)19(29)18(28)15(31-21)10-30-17(27)9-13-5-3-1-2-4-6-13/h7-8,12-13,15,18-19,28-29H,1-6,9-10H2,(H2,23,24,25)/t15-,18-,19-,21+/m1/s1. The second-order valence-electron chi connectivity index (χ2n) is 8.34. The molecule has 1 aliphatic heterocycles. The SMILES string of the molecule is N#C[C@@]1(c2ccc3c(N)ncnn23)O[C@H](COC(=O)CC2CCCCCC2)[C@@H](O)[C@H]1O. The number of carbonyl (C=O) groups is 1. The topological polar surface area (TPSA) is 156 Å². The third kappa shape index (κ3) is 3.96. The fourth-order valence-corrected chi connectivity index (χ4v) is 4.59. The molecule has 3 heterocycles. The van der Waals surface area contributed by atoms with Crippen LogP contribution >= 0.6 is 0 Å². The lowest BCUT2D eigenvalue weighted by Gasteiger charge is -2.24. The van der Waals surface area contributed by atoms with Crippen LogP contribution in [0.4, 0.5) is 5.82 Å². The Morgan fingerprint density at radius 3 is 2.77 bits per heavy atom. The van der Waals surface area contributed by atoms with Gasteiger partial charge in [0.2, 0.25) is 5.60 Å². The van der Waals surface area contributed by atoms with Crippen LogP contribution in [0.5, 0.6) is 0 Å². The van der Waals surface area contributed by atoms with E-state index in [2.05, 4.69) is 10.1 Å². The van der Waals surface area contributed by atoms with Crippen LogP contribution in [0.15, 0.2) is 18.5 Å². The Bertz CT molecular complexity index is 980. The van der Waals surface area contributed by atoms with Gasteiger partial charge in [-0.05, 0) is 30.9 Å². The fourth-order valence-electron chi connectivity index (χ4n) is 4.59. The summed E-state index contributed by atoms with van der Waals surface area (Å²) in [5.74, 6) is 0.150. The maximum Gasteiger partial charge on any atom is 0.306 e. The number of aliphatic hydroxyl groups excluding tert-OH is 2. The average Bonchev–Trinajstić information content (AvgIpc) is 3.18. The van der Waals surface area contributed by atoms with Crippen LogP contribution in [0.3, 0.4) is 0 Å². The van der Waals surface area contributed by atoms with Crippen molar-refractivity contribution in [2.24, 2.45) is 5.92 Å². The minimum atomic E-state index is -1.90. The van der Waals surface area contributed by atoms with E-state index in [-0.39, 0.29) is 24.1 Å². The molecule has 0 spiro atoms. The first-order chi connectivity index (χ1) is 15.0. The van der Waals surface area contributed by atoms with Gasteiger partial charge in [0.1, 0.15) is 42.8 Å². The van der Waals surface area contributed by atoms with Gasteiger partial charge in [-0.15, -0.1) is 0 Å². The number of hydrogen-bond acceptors (Lipinski definition) is 9. The lowest BCUT2D eigenvalue weighted by atomic mass is 9.92. The number of rotatable bonds is 5. The average molecular weight is 429 g/mol. The molecule has 31 heavy (non-hydrogen) atoms. The molecule has 0 radical (unpaired) electrons. The van der Waals surface area contributed by atoms with Crippen molar-refractivity contribution in [1.82, 2.24) is 14.6 Å². The number of fused-ring (bicyclic) bond motifs is 1. The number of aromatic nitrogens is 3. The van der Waals surface area contributed by atoms with Crippen LogP contribution in [0.2, 0.25) is 0 Å². The molecule has 2 aliphatic rings. The van der Waals surface area contributed by atoms with Gasteiger partial charge in [0.15, 0.2) is 5.82 Å². The number of nitriles is 1. The van der Waals surface area contributed by atoms with Crippen LogP contribution in [0.1, 0.15) is 50.6 Å². The molecule has 4 atom stereocenters. The van der Waals surface area contributed by atoms with Crippen LogP contribution < -0.4 is 5.73 Å². The van der Waals surface area contributed by atoms with Crippen molar-refractivity contribution in [3.05, 3.63) is 24.2 Å². The Labute approximate surface area is 179 Å². The second-order valence-corrected chi connectivity index (χ2v) is 8.34. The molecule has 2 fully saturated rings. The largest absolute Gasteiger partial charge is 0.463 e. The smallest absolute Gasteiger partial charge is 0.306 e. The van der Waals surface area contributed by atoms with Crippen molar-refractivity contribution in [1.29, 1.82) is 5.26 Å². The van der Waals surface area contributed by atoms with Gasteiger partial charge in [0, 0.05) is 6.42 Å². The molecule has 10 heteroatoms. The summed E-state index contributed by atoms with van der Waals surface area (Å²) in [4.78, 5) is 16.2. The van der Waals surface area contributed by atoms with E-state index in [1.165, 1.54) is 23.7 Å². The summed E-state index contributed by atoms with van der Waals surface area (Å²) in [6.07, 6.45) is 4.18. The first-order valence-corrected chi connectivity index (χ1v) is 10.7. The minimum Gasteiger partial charge on any atom is -0.463 e. The highest BCUT2D eigenvalue weighted by molar-refractivity contribution is 5.69. The number of nitrogens with zero attached hydrogens (tertiary/aromatic N) is 4. The predicted octanol–water partition coefficient (Wildman–Crippen LogP) is 1.05. The maximum absolute atomic E-state index is 12.3. The highest BCUT2D eigenvalue weighted by Gasteiger charge is 2.57. The zero-order chi connectivity index (χ0) is 22.0. The lowest BCUT2D eigenvalue weighted by Crippen LogP contribution is -2.41. The number of esters is 1. The van der Waals surface area contributed by atoms with Crippen molar-refractivity contribution >= 4 is 17.3 Å². The summed E-state index contributed by atoms with van der Waals surface area (Å²) in [5, 5.41) is 35.2. The van der Waals surface area contributed by atoms with Gasteiger partial charge in [-0.2, -0.15) is 10.4 Å². The molecule has 0 unspecified atom stereocenters. The van der Waals surface area contributed by atoms with Crippen molar-refractivity contribution in [2.75, 3.05) is 12.3 Å². The summed E-state index contributed by atoms with van der Waals surface area (Å²) >= 11 is 0. The molecule has 4 rings (SSSR count). The molecule has 1 aliphatic carbocycles. The van der Waals surface area contributed by atoms with Crippen molar-refractivity contribution in [3.63, 3.8) is 0 Å². The Kier molecular flexibility index (Phi) is 6.09. The van der Waals surface area contributed by atoms with Crippen molar-refractivity contribution in [2.45, 2.75) is 68.9 Å². The molecule has 0 aromatic carbocycles. The van der Waals surface area contributed by atoms with E-state index in [1.807, 2.05) is 6.07 Å². The van der Waals surface area contributed by atoms with Crippen molar-refractivity contribution in [3.8, 4) is 6.07 Å². The van der Waals surface area contributed by atoms with E-state index >= 15 is 0 Å². The Hall–Kier alpha value is -2.74. The fraction of sp³-hybridized carbons (Fsp3) is 0.619. The quantitative estimate of drug-likeness (QED) is 0.467. The number of ether oxygens (including phenoxy) is 2. The summed E-state index contributed by atoms with van der Waals surface area (Å²) in [7, 11) is 0. The Morgan fingerprint density at radius 2 is 2.06 bits per heavy atom. The monoisotopic (exact) mass is 429 g/mol. The van der Waals surface area contributed by atoms with Crippen LogP contribution in [0.25, 0.3) is 5.52 Å². The summed E-state index contributed by atoms with van der Waals surface area (Å²) in [6.45, 7) is -0.256. The molecule has 10 nitrogen and oxygen atoms in total. The van der Waals surface area contributed by atoms with E-state index in [0.717, 1.165) is 25.7 Å². The van der Waals surface area contributed by atoms with E-state index in [4.69, 9.17) is 15.2 Å². The lowest BCUT2D eigenvalue weighted by molar-refractivity contribution is -0.151. The highest BCUT2D eigenvalue weighted by atomic mass is 16.6. The zero-order valence-corrected chi connectivity index (χ0v) is 17.2. The van der Waals surface area contributed by atoms with Gasteiger partial charge < -0.3 is 25.4 Å². The second kappa shape index (κ2) is 8.78. The first-order valence-electron chi connectivity index (χ1n) is 10.7. The van der Waals surface area contributed by atoms with E-state index in [1.54, 1.807) is 12.1 Å². The van der Waals surface area contributed by atoms with Gasteiger partial charge in [0.25, 0.3) is 0 Å². The van der Waals surface area contributed by atoms with E-state index < -0.39 is 23.9 Å². The Morgan fingerprint density at radius 1 is 1.32 bits per heavy atom. The number of aliphatic hydroxyl groups is 2. The normalized spacial score (nSPS) is 29.5. The van der Waals surface area contributed by atoms with Crippen LogP contribution in [-0.2, 0) is 19.9 Å². The minimum absolute atomic E-state index is 0.200. The van der Waals surface area contributed by atoms with Gasteiger partial charge in [-0.1, -0.05) is 25.7 Å². The van der Waals surface area contributed by atoms with Gasteiger partial charge in [0.05, 0.1) is 5.69 Å². The maximum atomic E-state index is 12.3. The molecule has 0 amide bonds. The van der Waals surface area contributed by atoms with E-state index in [0.29, 0.717) is 17.9 Å². The summed E-state index contributed by atoms with van der Waals surface area (Å²) < 4.78 is 12.5. The number of anilines is 1. The molecule has 1 saturated heterocycles. The predicted molar refractivity (Wildman–Crippen MR) is 108 cm³/mol. The molecule has 1 saturated carbocycles. The van der Waals surface area contributed by atoms with Gasteiger partial charge >= 0.3 is 5.97 Å². The van der Waals surface area contributed by atoms with Crippen molar-refractivity contribution < 1.29 is 24.5 Å². The third-order valence-corrected chi connectivity index (χ3v) is 6.33. The third-order valence-electron chi connectivity index (χ3n) is 6.33. The van der Waals surface area contributed by atoms with Crippen LogP contribution in [-0.4, -0.2) is 55.7 Å². The number of nitrogen functional groups attached to an aromatic ring is 1. The number of nitrogens with two attached hydrogens (primary N) is 1. The number of hydrogen-bond donors (Lipinski definition) is 3. The van der Waals surface area contributed by atoms with Gasteiger partial charge in [-0.25, -0.2) is 9.50 Å². The molecular weight excluding hydrogens is 402 g/mol. The summed E-state index contributed by atoms with van der Waals surface area (Å²) in [6, 6.07) is 5.11. The molecule has 4 N–H and O–H groups in total. The number of carbonyl (C=O) groups excluding carboxylic acids is 1. The molecule has 166 valence electrons. The Balaban J connectivity index is 1.47. The van der Waals surface area contributed by atoms with Crippen LogP contribution in [0, 0.1) is 17.2 Å².